The molecule has 7 heteroatoms. The van der Waals surface area contributed by atoms with E-state index in [2.05, 4.69) is 5.32 Å². The Morgan fingerprint density at radius 1 is 1.18 bits per heavy atom. The first-order valence-corrected chi connectivity index (χ1v) is 11.6. The van der Waals surface area contributed by atoms with Crippen LogP contribution in [0.4, 0.5) is 0 Å². The SMILES string of the molecule is Cc1cccn2cc(-c3ccc(C[C@@H](CO)NC(=O)c4ccc(OC(C)C)c(Cl)c4)cc3)nc12. The molecule has 2 aromatic carbocycles. The first kappa shape index (κ1) is 23.8. The number of hydrogen-bond donors (Lipinski definition) is 2. The van der Waals surface area contributed by atoms with Crippen molar-refractivity contribution in [3.8, 4) is 17.0 Å². The largest absolute Gasteiger partial charge is 0.489 e. The van der Waals surface area contributed by atoms with E-state index in [0.717, 1.165) is 28.0 Å². The third-order valence-electron chi connectivity index (χ3n) is 5.52. The monoisotopic (exact) mass is 477 g/mol. The van der Waals surface area contributed by atoms with Gasteiger partial charge in [-0.2, -0.15) is 0 Å². The van der Waals surface area contributed by atoms with Gasteiger partial charge in [0, 0.05) is 23.5 Å². The minimum atomic E-state index is -0.429. The van der Waals surface area contributed by atoms with Crippen LogP contribution in [-0.2, 0) is 6.42 Å². The van der Waals surface area contributed by atoms with Crippen molar-refractivity contribution in [2.75, 3.05) is 6.61 Å². The number of ether oxygens (including phenoxy) is 1. The van der Waals surface area contributed by atoms with Gasteiger partial charge < -0.3 is 19.6 Å². The number of carbonyl (C=O) groups is 1. The Balaban J connectivity index is 1.42. The van der Waals surface area contributed by atoms with Crippen LogP contribution in [0.15, 0.2) is 67.0 Å². The number of amides is 1. The number of aliphatic hydroxyl groups is 1. The van der Waals surface area contributed by atoms with E-state index < -0.39 is 6.04 Å². The van der Waals surface area contributed by atoms with E-state index in [1.54, 1.807) is 18.2 Å². The molecule has 0 aliphatic carbocycles. The Kier molecular flexibility index (Phi) is 7.20. The summed E-state index contributed by atoms with van der Waals surface area (Å²) in [6.45, 7) is 5.68. The summed E-state index contributed by atoms with van der Waals surface area (Å²) < 4.78 is 7.63. The number of fused-ring (bicyclic) bond motifs is 1. The van der Waals surface area contributed by atoms with Gasteiger partial charge in [0.05, 0.1) is 29.5 Å². The Morgan fingerprint density at radius 3 is 2.59 bits per heavy atom. The van der Waals surface area contributed by atoms with Crippen LogP contribution in [0.1, 0.15) is 35.3 Å². The van der Waals surface area contributed by atoms with Gasteiger partial charge in [-0.3, -0.25) is 4.79 Å². The summed E-state index contributed by atoms with van der Waals surface area (Å²) in [5.41, 5.74) is 5.38. The maximum Gasteiger partial charge on any atom is 0.251 e. The van der Waals surface area contributed by atoms with E-state index in [1.165, 1.54) is 0 Å². The highest BCUT2D eigenvalue weighted by molar-refractivity contribution is 6.32. The average Bonchev–Trinajstić information content (AvgIpc) is 3.26. The quantitative estimate of drug-likeness (QED) is 0.371. The number of pyridine rings is 1. The van der Waals surface area contributed by atoms with Gasteiger partial charge in [0.25, 0.3) is 5.91 Å². The van der Waals surface area contributed by atoms with E-state index in [0.29, 0.717) is 22.8 Å². The van der Waals surface area contributed by atoms with Crippen LogP contribution < -0.4 is 10.1 Å². The summed E-state index contributed by atoms with van der Waals surface area (Å²) in [6.07, 6.45) is 4.48. The maximum absolute atomic E-state index is 12.7. The number of aromatic nitrogens is 2. The molecule has 6 nitrogen and oxygen atoms in total. The maximum atomic E-state index is 12.7. The number of aryl methyl sites for hydroxylation is 1. The molecular weight excluding hydrogens is 450 g/mol. The number of nitrogens with one attached hydrogen (secondary N) is 1. The molecule has 2 aromatic heterocycles. The summed E-state index contributed by atoms with van der Waals surface area (Å²) in [7, 11) is 0. The summed E-state index contributed by atoms with van der Waals surface area (Å²) in [5.74, 6) is 0.238. The molecule has 34 heavy (non-hydrogen) atoms. The van der Waals surface area contributed by atoms with Gasteiger partial charge in [0.15, 0.2) is 0 Å². The van der Waals surface area contributed by atoms with Crippen molar-refractivity contribution in [2.24, 2.45) is 0 Å². The minimum Gasteiger partial charge on any atom is -0.489 e. The number of nitrogens with zero attached hydrogens (tertiary/aromatic N) is 2. The van der Waals surface area contributed by atoms with Gasteiger partial charge in [-0.25, -0.2) is 4.98 Å². The zero-order chi connectivity index (χ0) is 24.2. The number of hydrogen-bond acceptors (Lipinski definition) is 4. The second kappa shape index (κ2) is 10.3. The molecule has 4 aromatic rings. The van der Waals surface area contributed by atoms with Crippen LogP contribution in [0, 0.1) is 6.92 Å². The Morgan fingerprint density at radius 2 is 1.94 bits per heavy atom. The van der Waals surface area contributed by atoms with E-state index in [9.17, 15) is 9.90 Å². The van der Waals surface area contributed by atoms with Crippen LogP contribution >= 0.6 is 11.6 Å². The molecule has 0 unspecified atom stereocenters. The van der Waals surface area contributed by atoms with Crippen LogP contribution in [0.5, 0.6) is 5.75 Å². The van der Waals surface area contributed by atoms with Gasteiger partial charge in [0.1, 0.15) is 11.4 Å². The molecule has 1 atom stereocenters. The van der Waals surface area contributed by atoms with Crippen LogP contribution in [0.2, 0.25) is 5.02 Å². The minimum absolute atomic E-state index is 0.0147. The molecule has 0 radical (unpaired) electrons. The average molecular weight is 478 g/mol. The fourth-order valence-corrected chi connectivity index (χ4v) is 4.04. The Bertz CT molecular complexity index is 1300. The van der Waals surface area contributed by atoms with Gasteiger partial charge in [-0.1, -0.05) is 41.9 Å². The summed E-state index contributed by atoms with van der Waals surface area (Å²) in [4.78, 5) is 17.4. The number of aliphatic hydroxyl groups excluding tert-OH is 1. The van der Waals surface area contributed by atoms with Crippen molar-refractivity contribution in [3.05, 3.63) is 88.7 Å². The van der Waals surface area contributed by atoms with Crippen LogP contribution in [-0.4, -0.2) is 39.2 Å². The van der Waals surface area contributed by atoms with E-state index in [1.807, 2.05) is 74.0 Å². The van der Waals surface area contributed by atoms with Gasteiger partial charge >= 0.3 is 0 Å². The molecule has 4 rings (SSSR count). The smallest absolute Gasteiger partial charge is 0.251 e. The van der Waals surface area contributed by atoms with E-state index in [-0.39, 0.29) is 18.6 Å². The lowest BCUT2D eigenvalue weighted by Gasteiger charge is -2.17. The van der Waals surface area contributed by atoms with E-state index in [4.69, 9.17) is 21.3 Å². The first-order valence-electron chi connectivity index (χ1n) is 11.3. The van der Waals surface area contributed by atoms with Crippen LogP contribution in [0.3, 0.4) is 0 Å². The molecule has 0 fully saturated rings. The number of halogens is 1. The number of benzene rings is 2. The standard InChI is InChI=1S/C27H28ClN3O3/c1-17(2)34-25-11-10-21(14-23(25)28)27(33)29-22(16-32)13-19-6-8-20(9-7-19)24-15-31-12-4-5-18(3)26(31)30-24/h4-12,14-15,17,22,32H,13,16H2,1-3H3,(H,29,33)/t22-/m0/s1. The molecule has 0 saturated heterocycles. The Labute approximate surface area is 204 Å². The lowest BCUT2D eigenvalue weighted by molar-refractivity contribution is 0.0916. The molecule has 1 amide bonds. The molecule has 0 aliphatic heterocycles. The predicted molar refractivity (Wildman–Crippen MR) is 135 cm³/mol. The summed E-state index contributed by atoms with van der Waals surface area (Å²) >= 11 is 6.26. The molecule has 0 bridgehead atoms. The Hall–Kier alpha value is -3.35. The normalized spacial score (nSPS) is 12.2. The lowest BCUT2D eigenvalue weighted by atomic mass is 10.0. The highest BCUT2D eigenvalue weighted by atomic mass is 35.5. The summed E-state index contributed by atoms with van der Waals surface area (Å²) in [5, 5.41) is 13.1. The second-order valence-electron chi connectivity index (χ2n) is 8.61. The van der Waals surface area contributed by atoms with Crippen molar-refractivity contribution >= 4 is 23.2 Å². The fourth-order valence-electron chi connectivity index (χ4n) is 3.81. The van der Waals surface area contributed by atoms with E-state index >= 15 is 0 Å². The second-order valence-corrected chi connectivity index (χ2v) is 9.02. The highest BCUT2D eigenvalue weighted by Crippen LogP contribution is 2.26. The molecule has 176 valence electrons. The molecule has 0 aliphatic rings. The van der Waals surface area contributed by atoms with Crippen molar-refractivity contribution in [1.82, 2.24) is 14.7 Å². The van der Waals surface area contributed by atoms with Gasteiger partial charge in [0.2, 0.25) is 0 Å². The lowest BCUT2D eigenvalue weighted by Crippen LogP contribution is -2.39. The zero-order valence-electron chi connectivity index (χ0n) is 19.5. The van der Waals surface area contributed by atoms with Crippen molar-refractivity contribution in [2.45, 2.75) is 39.3 Å². The molecule has 0 spiro atoms. The predicted octanol–water partition coefficient (Wildman–Crippen LogP) is 5.08. The van der Waals surface area contributed by atoms with Gasteiger partial charge in [-0.15, -0.1) is 0 Å². The fraction of sp³-hybridized carbons (Fsp3) is 0.259. The first-order chi connectivity index (χ1) is 16.3. The highest BCUT2D eigenvalue weighted by Gasteiger charge is 2.16. The molecule has 0 saturated carbocycles. The number of imidazole rings is 1. The third kappa shape index (κ3) is 5.41. The number of carbonyl (C=O) groups excluding carboxylic acids is 1. The van der Waals surface area contributed by atoms with Crippen molar-refractivity contribution in [3.63, 3.8) is 0 Å². The third-order valence-corrected chi connectivity index (χ3v) is 5.82. The number of rotatable bonds is 8. The van der Waals surface area contributed by atoms with Crippen LogP contribution in [0.25, 0.3) is 16.9 Å². The van der Waals surface area contributed by atoms with Crippen molar-refractivity contribution < 1.29 is 14.6 Å². The molecular formula is C27H28ClN3O3. The van der Waals surface area contributed by atoms with Gasteiger partial charge in [-0.05, 0) is 62.6 Å². The molecule has 2 heterocycles. The van der Waals surface area contributed by atoms with Crippen molar-refractivity contribution in [1.29, 1.82) is 0 Å². The molecule has 2 N–H and O–H groups in total. The summed E-state index contributed by atoms with van der Waals surface area (Å²) in [6, 6.07) is 16.6. The topological polar surface area (TPSA) is 75.9 Å². The zero-order valence-corrected chi connectivity index (χ0v) is 20.2.